The lowest BCUT2D eigenvalue weighted by atomic mass is 10.2. The lowest BCUT2D eigenvalue weighted by Gasteiger charge is -2.03. The topological polar surface area (TPSA) is 61.9 Å². The van der Waals surface area contributed by atoms with E-state index in [1.807, 2.05) is 29.6 Å². The van der Waals surface area contributed by atoms with Crippen LogP contribution >= 0.6 is 11.3 Å². The summed E-state index contributed by atoms with van der Waals surface area (Å²) in [7, 11) is 0. The summed E-state index contributed by atoms with van der Waals surface area (Å²) in [6.07, 6.45) is 0. The zero-order valence-electron chi connectivity index (χ0n) is 11.9. The van der Waals surface area contributed by atoms with E-state index in [4.69, 9.17) is 9.68 Å². The minimum absolute atomic E-state index is 0.282. The van der Waals surface area contributed by atoms with Crippen LogP contribution in [0.4, 0.5) is 5.69 Å². The third-order valence-corrected chi connectivity index (χ3v) is 4.08. The minimum Gasteiger partial charge on any atom is -0.440 e. The summed E-state index contributed by atoms with van der Waals surface area (Å²) in [4.78, 5) is 5.63. The summed E-state index contributed by atoms with van der Waals surface area (Å²) >= 11 is 1.59. The number of hydrogen-bond acceptors (Lipinski definition) is 5. The fourth-order valence-electron chi connectivity index (χ4n) is 2.02. The van der Waals surface area contributed by atoms with E-state index in [1.165, 1.54) is 0 Å². The highest BCUT2D eigenvalue weighted by atomic mass is 32.1. The van der Waals surface area contributed by atoms with E-state index in [-0.39, 0.29) is 5.92 Å². The molecular weight excluding hydrogens is 282 g/mol. The van der Waals surface area contributed by atoms with Gasteiger partial charge in [-0.2, -0.15) is 5.26 Å². The summed E-state index contributed by atoms with van der Waals surface area (Å²) in [5, 5.41) is 14.0. The third-order valence-electron chi connectivity index (χ3n) is 3.15. The molecule has 0 saturated carbocycles. The number of nitrogens with zero attached hydrogens (tertiary/aromatic N) is 2. The molecule has 21 heavy (non-hydrogen) atoms. The van der Waals surface area contributed by atoms with Crippen LogP contribution in [0.5, 0.6) is 0 Å². The molecule has 0 radical (unpaired) electrons. The molecule has 0 saturated heterocycles. The second-order valence-corrected chi connectivity index (χ2v) is 6.15. The maximum Gasteiger partial charge on any atom is 0.198 e. The van der Waals surface area contributed by atoms with Gasteiger partial charge in [0.25, 0.3) is 0 Å². The van der Waals surface area contributed by atoms with Crippen LogP contribution in [0.25, 0.3) is 11.1 Å². The number of thiophene rings is 1. The fraction of sp³-hybridized carbons (Fsp3) is 0.250. The second kappa shape index (κ2) is 5.58. The average molecular weight is 297 g/mol. The molecule has 4 nitrogen and oxygen atoms in total. The first kappa shape index (κ1) is 13.7. The molecule has 5 heteroatoms. The SMILES string of the molecule is CC(C)c1nc2cc(NCc3cc(C#N)cs3)ccc2o1. The van der Waals surface area contributed by atoms with Gasteiger partial charge in [0.05, 0.1) is 5.56 Å². The molecule has 1 aromatic carbocycles. The Kier molecular flexibility index (Phi) is 3.63. The van der Waals surface area contributed by atoms with Gasteiger partial charge in [-0.1, -0.05) is 13.8 Å². The monoisotopic (exact) mass is 297 g/mol. The van der Waals surface area contributed by atoms with Gasteiger partial charge >= 0.3 is 0 Å². The molecule has 0 spiro atoms. The number of benzene rings is 1. The van der Waals surface area contributed by atoms with Crippen molar-refractivity contribution in [3.05, 3.63) is 46.0 Å². The van der Waals surface area contributed by atoms with Gasteiger partial charge in [0.15, 0.2) is 11.5 Å². The van der Waals surface area contributed by atoms with Crippen molar-refractivity contribution in [3.63, 3.8) is 0 Å². The van der Waals surface area contributed by atoms with E-state index >= 15 is 0 Å². The van der Waals surface area contributed by atoms with E-state index < -0.39 is 0 Å². The Balaban J connectivity index is 1.76. The number of nitrogens with one attached hydrogen (secondary N) is 1. The molecule has 3 rings (SSSR count). The molecule has 0 bridgehead atoms. The van der Waals surface area contributed by atoms with Crippen molar-refractivity contribution in [3.8, 4) is 6.07 Å². The van der Waals surface area contributed by atoms with Crippen molar-refractivity contribution < 1.29 is 4.42 Å². The molecule has 1 N–H and O–H groups in total. The number of rotatable bonds is 4. The van der Waals surface area contributed by atoms with E-state index in [0.717, 1.165) is 27.6 Å². The smallest absolute Gasteiger partial charge is 0.198 e. The largest absolute Gasteiger partial charge is 0.440 e. The van der Waals surface area contributed by atoms with Crippen molar-refractivity contribution in [1.82, 2.24) is 4.98 Å². The van der Waals surface area contributed by atoms with Gasteiger partial charge in [-0.15, -0.1) is 11.3 Å². The first-order valence-electron chi connectivity index (χ1n) is 6.77. The molecule has 0 amide bonds. The van der Waals surface area contributed by atoms with Gasteiger partial charge < -0.3 is 9.73 Å². The molecule has 0 aliphatic heterocycles. The maximum atomic E-state index is 8.82. The quantitative estimate of drug-likeness (QED) is 0.770. The number of aromatic nitrogens is 1. The van der Waals surface area contributed by atoms with Crippen LogP contribution in [0.15, 0.2) is 34.1 Å². The van der Waals surface area contributed by atoms with E-state index in [2.05, 4.69) is 30.2 Å². The first-order chi connectivity index (χ1) is 10.2. The number of anilines is 1. The van der Waals surface area contributed by atoms with Crippen LogP contribution in [0.1, 0.15) is 36.1 Å². The molecule has 0 fully saturated rings. The second-order valence-electron chi connectivity index (χ2n) is 5.16. The average Bonchev–Trinajstić information content (AvgIpc) is 3.11. The van der Waals surface area contributed by atoms with E-state index in [0.29, 0.717) is 12.1 Å². The Morgan fingerprint density at radius 3 is 2.95 bits per heavy atom. The highest BCUT2D eigenvalue weighted by molar-refractivity contribution is 7.10. The van der Waals surface area contributed by atoms with Gasteiger partial charge in [-0.25, -0.2) is 4.98 Å². The van der Waals surface area contributed by atoms with Crippen LogP contribution in [-0.2, 0) is 6.54 Å². The standard InChI is InChI=1S/C16H15N3OS/c1-10(2)16-19-14-6-12(3-4-15(14)20-16)18-8-13-5-11(7-17)9-21-13/h3-6,9-10,18H,8H2,1-2H3. The summed E-state index contributed by atoms with van der Waals surface area (Å²) in [5.41, 5.74) is 3.39. The van der Waals surface area contributed by atoms with Gasteiger partial charge in [0, 0.05) is 28.4 Å². The van der Waals surface area contributed by atoms with Crippen LogP contribution in [0.2, 0.25) is 0 Å². The van der Waals surface area contributed by atoms with Crippen LogP contribution in [0.3, 0.4) is 0 Å². The van der Waals surface area contributed by atoms with Crippen LogP contribution in [-0.4, -0.2) is 4.98 Å². The third kappa shape index (κ3) is 2.91. The predicted molar refractivity (Wildman–Crippen MR) is 84.5 cm³/mol. The number of oxazole rings is 1. The fourth-order valence-corrected chi connectivity index (χ4v) is 2.77. The summed E-state index contributed by atoms with van der Waals surface area (Å²) in [6.45, 7) is 4.83. The lowest BCUT2D eigenvalue weighted by Crippen LogP contribution is -1.96. The molecule has 0 atom stereocenters. The first-order valence-corrected chi connectivity index (χ1v) is 7.65. The summed E-state index contributed by atoms with van der Waals surface area (Å²) < 4.78 is 5.69. The zero-order valence-corrected chi connectivity index (χ0v) is 12.7. The molecular formula is C16H15N3OS. The Morgan fingerprint density at radius 2 is 2.24 bits per heavy atom. The molecule has 2 heterocycles. The normalized spacial score (nSPS) is 11.0. The van der Waals surface area contributed by atoms with E-state index in [1.54, 1.807) is 11.3 Å². The molecule has 3 aromatic rings. The molecule has 0 aliphatic carbocycles. The van der Waals surface area contributed by atoms with E-state index in [9.17, 15) is 0 Å². The highest BCUT2D eigenvalue weighted by Crippen LogP contribution is 2.24. The van der Waals surface area contributed by atoms with Gasteiger partial charge in [-0.3, -0.25) is 0 Å². The van der Waals surface area contributed by atoms with Crippen LogP contribution in [0, 0.1) is 11.3 Å². The Labute approximate surface area is 127 Å². The van der Waals surface area contributed by atoms with Gasteiger partial charge in [0.1, 0.15) is 11.6 Å². The Hall–Kier alpha value is -2.32. The zero-order chi connectivity index (χ0) is 14.8. The molecule has 106 valence electrons. The van der Waals surface area contributed by atoms with Crippen molar-refractivity contribution in [1.29, 1.82) is 5.26 Å². The van der Waals surface area contributed by atoms with Crippen molar-refractivity contribution in [2.24, 2.45) is 0 Å². The summed E-state index contributed by atoms with van der Waals surface area (Å²) in [5.74, 6) is 1.04. The Morgan fingerprint density at radius 1 is 1.38 bits per heavy atom. The van der Waals surface area contributed by atoms with Crippen molar-refractivity contribution in [2.45, 2.75) is 26.3 Å². The highest BCUT2D eigenvalue weighted by Gasteiger charge is 2.09. The molecule has 2 aromatic heterocycles. The van der Waals surface area contributed by atoms with Gasteiger partial charge in [-0.05, 0) is 24.3 Å². The molecule has 0 aliphatic rings. The number of hydrogen-bond donors (Lipinski definition) is 1. The number of fused-ring (bicyclic) bond motifs is 1. The maximum absolute atomic E-state index is 8.82. The van der Waals surface area contributed by atoms with Crippen LogP contribution < -0.4 is 5.32 Å². The number of nitriles is 1. The predicted octanol–water partition coefficient (Wildman–Crippen LogP) is 4.50. The van der Waals surface area contributed by atoms with Crippen molar-refractivity contribution in [2.75, 3.05) is 5.32 Å². The van der Waals surface area contributed by atoms with Gasteiger partial charge in [0.2, 0.25) is 0 Å². The lowest BCUT2D eigenvalue weighted by molar-refractivity contribution is 0.501. The van der Waals surface area contributed by atoms with Crippen molar-refractivity contribution >= 4 is 28.1 Å². The minimum atomic E-state index is 0.282. The summed E-state index contributed by atoms with van der Waals surface area (Å²) in [6, 6.07) is 9.96. The molecule has 0 unspecified atom stereocenters. The Bertz CT molecular complexity index is 810.